The van der Waals surface area contributed by atoms with Gasteiger partial charge in [0, 0.05) is 36.5 Å². The van der Waals surface area contributed by atoms with E-state index in [4.69, 9.17) is 4.74 Å². The number of benzene rings is 2. The fraction of sp³-hybridized carbons (Fsp3) is 0.318. The van der Waals surface area contributed by atoms with Crippen LogP contribution in [0.2, 0.25) is 0 Å². The summed E-state index contributed by atoms with van der Waals surface area (Å²) < 4.78 is 5.17. The first-order chi connectivity index (χ1) is 14.7. The van der Waals surface area contributed by atoms with E-state index in [1.54, 1.807) is 24.3 Å². The van der Waals surface area contributed by atoms with Crippen molar-refractivity contribution >= 4 is 34.8 Å². The lowest BCUT2D eigenvalue weighted by molar-refractivity contribution is -0.384. The van der Waals surface area contributed by atoms with Crippen LogP contribution in [0.25, 0.3) is 0 Å². The van der Waals surface area contributed by atoms with Gasteiger partial charge in [-0.3, -0.25) is 19.7 Å². The number of carbonyl (C=O) groups is 3. The average molecular weight is 425 g/mol. The molecule has 1 aliphatic heterocycles. The molecule has 0 spiro atoms. The lowest BCUT2D eigenvalue weighted by Crippen LogP contribution is -2.28. The largest absolute Gasteiger partial charge is 0.462 e. The summed E-state index contributed by atoms with van der Waals surface area (Å²) in [6.45, 7) is 4.41. The molecule has 9 heteroatoms. The number of hydrogen-bond acceptors (Lipinski definition) is 6. The van der Waals surface area contributed by atoms with E-state index in [1.165, 1.54) is 29.2 Å². The van der Waals surface area contributed by atoms with Gasteiger partial charge >= 0.3 is 5.97 Å². The van der Waals surface area contributed by atoms with Crippen LogP contribution >= 0.6 is 0 Å². The third-order valence-electron chi connectivity index (χ3n) is 4.80. The standard InChI is InChI=1S/C22H23N3O6/c1-14(2)13-31-22(28)15-3-5-17(6-4-15)23-21(27)16-11-20(26)24(12-16)18-7-9-19(10-8-18)25(29)30/h3-10,14,16H,11-13H2,1-2H3,(H,23,27)/t16-/m0/s1. The molecular weight excluding hydrogens is 402 g/mol. The number of anilines is 2. The molecule has 0 unspecified atom stereocenters. The fourth-order valence-electron chi connectivity index (χ4n) is 3.15. The fourth-order valence-corrected chi connectivity index (χ4v) is 3.15. The molecule has 1 saturated heterocycles. The third kappa shape index (κ3) is 5.44. The van der Waals surface area contributed by atoms with E-state index in [0.29, 0.717) is 23.5 Å². The molecule has 0 aliphatic carbocycles. The Hall–Kier alpha value is -3.75. The van der Waals surface area contributed by atoms with Crippen molar-refractivity contribution in [2.24, 2.45) is 11.8 Å². The molecule has 0 saturated carbocycles. The maximum atomic E-state index is 12.6. The molecule has 1 heterocycles. The van der Waals surface area contributed by atoms with Crippen LogP contribution in [0.1, 0.15) is 30.6 Å². The van der Waals surface area contributed by atoms with Gasteiger partial charge in [-0.25, -0.2) is 4.79 Å². The number of non-ortho nitro benzene ring substituents is 1. The maximum Gasteiger partial charge on any atom is 0.338 e. The van der Waals surface area contributed by atoms with Crippen LogP contribution in [-0.4, -0.2) is 35.9 Å². The summed E-state index contributed by atoms with van der Waals surface area (Å²) >= 11 is 0. The number of esters is 1. The van der Waals surface area contributed by atoms with Gasteiger partial charge in [-0.1, -0.05) is 13.8 Å². The Balaban J connectivity index is 1.59. The molecule has 1 N–H and O–H groups in total. The monoisotopic (exact) mass is 425 g/mol. The second-order valence-electron chi connectivity index (χ2n) is 7.74. The molecule has 2 amide bonds. The SMILES string of the molecule is CC(C)COC(=O)c1ccc(NC(=O)[C@H]2CC(=O)N(c3ccc([N+](=O)[O-])cc3)C2)cc1. The Morgan fingerprint density at radius 1 is 1.16 bits per heavy atom. The topological polar surface area (TPSA) is 119 Å². The predicted molar refractivity (Wildman–Crippen MR) is 114 cm³/mol. The molecule has 31 heavy (non-hydrogen) atoms. The molecule has 2 aromatic rings. The first-order valence-electron chi connectivity index (χ1n) is 9.87. The maximum absolute atomic E-state index is 12.6. The number of nitrogens with zero attached hydrogens (tertiary/aromatic N) is 2. The van der Waals surface area contributed by atoms with E-state index in [-0.39, 0.29) is 36.4 Å². The minimum absolute atomic E-state index is 0.0441. The van der Waals surface area contributed by atoms with E-state index in [9.17, 15) is 24.5 Å². The van der Waals surface area contributed by atoms with Gasteiger partial charge in [-0.05, 0) is 42.3 Å². The zero-order valence-corrected chi connectivity index (χ0v) is 17.2. The zero-order valence-electron chi connectivity index (χ0n) is 17.2. The highest BCUT2D eigenvalue weighted by atomic mass is 16.6. The minimum atomic E-state index is -0.557. The smallest absolute Gasteiger partial charge is 0.338 e. The van der Waals surface area contributed by atoms with Gasteiger partial charge in [-0.2, -0.15) is 0 Å². The third-order valence-corrected chi connectivity index (χ3v) is 4.80. The van der Waals surface area contributed by atoms with Gasteiger partial charge in [0.05, 0.1) is 23.0 Å². The van der Waals surface area contributed by atoms with Crippen molar-refractivity contribution in [1.82, 2.24) is 0 Å². The first kappa shape index (κ1) is 21.9. The van der Waals surface area contributed by atoms with Crippen molar-refractivity contribution in [3.8, 4) is 0 Å². The second kappa shape index (κ2) is 9.38. The highest BCUT2D eigenvalue weighted by Gasteiger charge is 2.35. The van der Waals surface area contributed by atoms with E-state index < -0.39 is 16.8 Å². The number of nitrogens with one attached hydrogen (secondary N) is 1. The highest BCUT2D eigenvalue weighted by Crippen LogP contribution is 2.27. The van der Waals surface area contributed by atoms with Gasteiger partial charge < -0.3 is 15.0 Å². The van der Waals surface area contributed by atoms with Crippen LogP contribution in [0.5, 0.6) is 0 Å². The number of hydrogen-bond donors (Lipinski definition) is 1. The van der Waals surface area contributed by atoms with Crippen molar-refractivity contribution in [2.45, 2.75) is 20.3 Å². The lowest BCUT2D eigenvalue weighted by atomic mass is 10.1. The van der Waals surface area contributed by atoms with Crippen molar-refractivity contribution in [3.63, 3.8) is 0 Å². The molecule has 1 atom stereocenters. The summed E-state index contributed by atoms with van der Waals surface area (Å²) in [6, 6.07) is 12.0. The second-order valence-corrected chi connectivity index (χ2v) is 7.74. The van der Waals surface area contributed by atoms with Crippen LogP contribution in [0.3, 0.4) is 0 Å². The molecule has 2 aromatic carbocycles. The van der Waals surface area contributed by atoms with Gasteiger partial charge in [0.15, 0.2) is 0 Å². The summed E-state index contributed by atoms with van der Waals surface area (Å²) in [5.74, 6) is -1.28. The van der Waals surface area contributed by atoms with Crippen molar-refractivity contribution < 1.29 is 24.0 Å². The van der Waals surface area contributed by atoms with Gasteiger partial charge in [0.2, 0.25) is 11.8 Å². The summed E-state index contributed by atoms with van der Waals surface area (Å²) in [5, 5.41) is 13.5. The summed E-state index contributed by atoms with van der Waals surface area (Å²) in [5.41, 5.74) is 1.34. The molecule has 9 nitrogen and oxygen atoms in total. The predicted octanol–water partition coefficient (Wildman–Crippen LogP) is 3.40. The van der Waals surface area contributed by atoms with Crippen LogP contribution in [0, 0.1) is 22.0 Å². The summed E-state index contributed by atoms with van der Waals surface area (Å²) in [7, 11) is 0. The Kier molecular flexibility index (Phi) is 6.64. The number of nitro benzene ring substituents is 1. The normalized spacial score (nSPS) is 15.8. The van der Waals surface area contributed by atoms with E-state index in [2.05, 4.69) is 5.32 Å². The highest BCUT2D eigenvalue weighted by molar-refractivity contribution is 6.03. The minimum Gasteiger partial charge on any atom is -0.462 e. The van der Waals surface area contributed by atoms with Crippen LogP contribution in [0.15, 0.2) is 48.5 Å². The van der Waals surface area contributed by atoms with Crippen LogP contribution < -0.4 is 10.2 Å². The molecule has 0 radical (unpaired) electrons. The molecule has 0 bridgehead atoms. The Morgan fingerprint density at radius 3 is 2.39 bits per heavy atom. The molecule has 1 aliphatic rings. The van der Waals surface area contributed by atoms with E-state index in [1.807, 2.05) is 13.8 Å². The summed E-state index contributed by atoms with van der Waals surface area (Å²) in [4.78, 5) is 48.6. The lowest BCUT2D eigenvalue weighted by Gasteiger charge is -2.16. The number of carbonyl (C=O) groups excluding carboxylic acids is 3. The molecule has 3 rings (SSSR count). The zero-order chi connectivity index (χ0) is 22.5. The number of rotatable bonds is 7. The van der Waals surface area contributed by atoms with Crippen LogP contribution in [0.4, 0.5) is 17.1 Å². The van der Waals surface area contributed by atoms with E-state index in [0.717, 1.165) is 0 Å². The molecule has 1 fully saturated rings. The Labute approximate surface area is 179 Å². The molecule has 0 aromatic heterocycles. The van der Waals surface area contributed by atoms with Gasteiger partial charge in [0.25, 0.3) is 5.69 Å². The van der Waals surface area contributed by atoms with Crippen LogP contribution in [-0.2, 0) is 14.3 Å². The molecular formula is C22H23N3O6. The van der Waals surface area contributed by atoms with E-state index >= 15 is 0 Å². The first-order valence-corrected chi connectivity index (χ1v) is 9.87. The van der Waals surface area contributed by atoms with Gasteiger partial charge in [-0.15, -0.1) is 0 Å². The number of ether oxygens (including phenoxy) is 1. The van der Waals surface area contributed by atoms with Crippen molar-refractivity contribution in [2.75, 3.05) is 23.4 Å². The van der Waals surface area contributed by atoms with Crippen molar-refractivity contribution in [1.29, 1.82) is 0 Å². The van der Waals surface area contributed by atoms with Gasteiger partial charge in [0.1, 0.15) is 0 Å². The quantitative estimate of drug-likeness (QED) is 0.413. The summed E-state index contributed by atoms with van der Waals surface area (Å²) in [6.07, 6.45) is 0.0441. The average Bonchev–Trinajstić information content (AvgIpc) is 3.14. The van der Waals surface area contributed by atoms with Crippen molar-refractivity contribution in [3.05, 3.63) is 64.2 Å². The molecule has 162 valence electrons. The number of amides is 2. The Bertz CT molecular complexity index is 985. The number of nitro groups is 1. The Morgan fingerprint density at radius 2 is 1.81 bits per heavy atom.